The summed E-state index contributed by atoms with van der Waals surface area (Å²) >= 11 is 0. The first kappa shape index (κ1) is 13.6. The highest BCUT2D eigenvalue weighted by molar-refractivity contribution is 5.88. The molecular formula is C15H14N2O3. The van der Waals surface area contributed by atoms with Crippen LogP contribution in [-0.4, -0.2) is 17.1 Å². The average molecular weight is 270 g/mol. The maximum atomic E-state index is 11.5. The number of hydrogen-bond donors (Lipinski definition) is 3. The molecule has 4 N–H and O–H groups in total. The predicted octanol–water partition coefficient (Wildman–Crippen LogP) is 2.39. The van der Waals surface area contributed by atoms with Crippen LogP contribution < -0.4 is 11.1 Å². The third-order valence-corrected chi connectivity index (χ3v) is 2.89. The minimum absolute atomic E-state index is 0.526. The van der Waals surface area contributed by atoms with Gasteiger partial charge in [0.05, 0.1) is 0 Å². The first-order chi connectivity index (χ1) is 9.58. The van der Waals surface area contributed by atoms with Crippen LogP contribution in [0.25, 0.3) is 0 Å². The number of nitrogens with two attached hydrogens (primary N) is 1. The van der Waals surface area contributed by atoms with Crippen LogP contribution in [0.4, 0.5) is 10.5 Å². The lowest BCUT2D eigenvalue weighted by Crippen LogP contribution is -2.19. The van der Waals surface area contributed by atoms with E-state index in [4.69, 9.17) is 5.73 Å². The Morgan fingerprint density at radius 1 is 0.950 bits per heavy atom. The minimum atomic E-state index is -0.924. The van der Waals surface area contributed by atoms with Gasteiger partial charge >= 0.3 is 12.0 Å². The van der Waals surface area contributed by atoms with Gasteiger partial charge in [-0.1, -0.05) is 42.5 Å². The number of nitrogens with one attached hydrogen (secondary N) is 1. The molecular weight excluding hydrogens is 256 g/mol. The van der Waals surface area contributed by atoms with Gasteiger partial charge in [-0.15, -0.1) is 0 Å². The van der Waals surface area contributed by atoms with E-state index in [1.165, 1.54) is 0 Å². The minimum Gasteiger partial charge on any atom is -0.481 e. The normalized spacial score (nSPS) is 11.6. The Bertz CT molecular complexity index is 609. The average Bonchev–Trinajstić information content (AvgIpc) is 2.41. The second-order valence-corrected chi connectivity index (χ2v) is 4.29. The maximum absolute atomic E-state index is 11.5. The lowest BCUT2D eigenvalue weighted by atomic mass is 9.91. The van der Waals surface area contributed by atoms with E-state index in [0.717, 1.165) is 0 Å². The van der Waals surface area contributed by atoms with Crippen LogP contribution >= 0.6 is 0 Å². The number of rotatable bonds is 4. The molecule has 0 aromatic heterocycles. The monoisotopic (exact) mass is 270 g/mol. The molecule has 2 rings (SSSR count). The number of primary amides is 1. The highest BCUT2D eigenvalue weighted by atomic mass is 16.4. The number of amides is 2. The number of carbonyl (C=O) groups excluding carboxylic acids is 1. The van der Waals surface area contributed by atoms with E-state index in [1.54, 1.807) is 48.5 Å². The zero-order chi connectivity index (χ0) is 14.5. The Morgan fingerprint density at radius 2 is 1.50 bits per heavy atom. The van der Waals surface area contributed by atoms with Crippen molar-refractivity contribution in [2.24, 2.45) is 5.73 Å². The van der Waals surface area contributed by atoms with Gasteiger partial charge in [0.2, 0.25) is 0 Å². The molecule has 0 aliphatic heterocycles. The van der Waals surface area contributed by atoms with Crippen molar-refractivity contribution in [1.82, 2.24) is 0 Å². The Hall–Kier alpha value is -2.82. The molecule has 5 nitrogen and oxygen atoms in total. The largest absolute Gasteiger partial charge is 0.481 e. The van der Waals surface area contributed by atoms with Crippen molar-refractivity contribution in [3.05, 3.63) is 65.7 Å². The number of hydrogen-bond acceptors (Lipinski definition) is 2. The maximum Gasteiger partial charge on any atom is 0.316 e. The third kappa shape index (κ3) is 3.14. The SMILES string of the molecule is NC(=O)Nc1ccc(C(C(=O)O)c2ccccc2)cc1. The summed E-state index contributed by atoms with van der Waals surface area (Å²) < 4.78 is 0. The summed E-state index contributed by atoms with van der Waals surface area (Å²) in [6.07, 6.45) is 0. The molecule has 5 heteroatoms. The molecule has 2 amide bonds. The molecule has 2 aromatic carbocycles. The summed E-state index contributed by atoms with van der Waals surface area (Å²) in [7, 11) is 0. The molecule has 2 aromatic rings. The molecule has 0 spiro atoms. The molecule has 1 atom stereocenters. The van der Waals surface area contributed by atoms with Crippen LogP contribution in [0.15, 0.2) is 54.6 Å². The Balaban J connectivity index is 2.31. The van der Waals surface area contributed by atoms with Crippen molar-refractivity contribution in [2.75, 3.05) is 5.32 Å². The molecule has 0 heterocycles. The number of anilines is 1. The van der Waals surface area contributed by atoms with Gasteiger partial charge in [0.1, 0.15) is 5.92 Å². The second-order valence-electron chi connectivity index (χ2n) is 4.29. The summed E-state index contributed by atoms with van der Waals surface area (Å²) in [5.74, 6) is -1.66. The molecule has 0 radical (unpaired) electrons. The number of carboxylic acid groups (broad SMARTS) is 1. The van der Waals surface area contributed by atoms with Crippen LogP contribution in [0.2, 0.25) is 0 Å². The van der Waals surface area contributed by atoms with Gasteiger partial charge in [0.25, 0.3) is 0 Å². The van der Waals surface area contributed by atoms with Crippen molar-refractivity contribution in [2.45, 2.75) is 5.92 Å². The predicted molar refractivity (Wildman–Crippen MR) is 75.6 cm³/mol. The van der Waals surface area contributed by atoms with Crippen LogP contribution in [0.3, 0.4) is 0 Å². The topological polar surface area (TPSA) is 92.4 Å². The van der Waals surface area contributed by atoms with Crippen molar-refractivity contribution in [1.29, 1.82) is 0 Å². The summed E-state index contributed by atoms with van der Waals surface area (Å²) in [5, 5.41) is 11.8. The van der Waals surface area contributed by atoms with E-state index in [0.29, 0.717) is 16.8 Å². The molecule has 0 saturated carbocycles. The Labute approximate surface area is 116 Å². The highest BCUT2D eigenvalue weighted by Crippen LogP contribution is 2.26. The van der Waals surface area contributed by atoms with Gasteiger partial charge in [-0.3, -0.25) is 4.79 Å². The van der Waals surface area contributed by atoms with Crippen molar-refractivity contribution >= 4 is 17.7 Å². The fourth-order valence-corrected chi connectivity index (χ4v) is 2.02. The van der Waals surface area contributed by atoms with Crippen LogP contribution in [0.5, 0.6) is 0 Å². The number of carboxylic acids is 1. The van der Waals surface area contributed by atoms with Crippen molar-refractivity contribution in [3.8, 4) is 0 Å². The number of carbonyl (C=O) groups is 2. The van der Waals surface area contributed by atoms with Gasteiger partial charge in [0.15, 0.2) is 0 Å². The summed E-state index contributed by atoms with van der Waals surface area (Å²) in [6, 6.07) is 14.9. The molecule has 102 valence electrons. The Morgan fingerprint density at radius 3 is 2.00 bits per heavy atom. The zero-order valence-corrected chi connectivity index (χ0v) is 10.6. The van der Waals surface area contributed by atoms with Gasteiger partial charge in [-0.25, -0.2) is 4.79 Å². The van der Waals surface area contributed by atoms with Crippen molar-refractivity contribution < 1.29 is 14.7 Å². The third-order valence-electron chi connectivity index (χ3n) is 2.89. The number of urea groups is 1. The van der Waals surface area contributed by atoms with Crippen LogP contribution in [-0.2, 0) is 4.79 Å². The highest BCUT2D eigenvalue weighted by Gasteiger charge is 2.21. The molecule has 0 fully saturated rings. The zero-order valence-electron chi connectivity index (χ0n) is 10.6. The number of aliphatic carboxylic acids is 1. The lowest BCUT2D eigenvalue weighted by molar-refractivity contribution is -0.137. The number of benzene rings is 2. The molecule has 1 unspecified atom stereocenters. The molecule has 20 heavy (non-hydrogen) atoms. The van der Waals surface area contributed by atoms with E-state index >= 15 is 0 Å². The smallest absolute Gasteiger partial charge is 0.316 e. The van der Waals surface area contributed by atoms with Gasteiger partial charge in [-0.05, 0) is 23.3 Å². The van der Waals surface area contributed by atoms with E-state index in [9.17, 15) is 14.7 Å². The standard InChI is InChI=1S/C15H14N2O3/c16-15(20)17-12-8-6-11(7-9-12)13(14(18)19)10-4-2-1-3-5-10/h1-9,13H,(H,18,19)(H3,16,17,20). The van der Waals surface area contributed by atoms with E-state index < -0.39 is 17.9 Å². The lowest BCUT2D eigenvalue weighted by Gasteiger charge is -2.13. The van der Waals surface area contributed by atoms with E-state index in [1.807, 2.05) is 6.07 Å². The molecule has 0 saturated heterocycles. The van der Waals surface area contributed by atoms with E-state index in [2.05, 4.69) is 5.32 Å². The summed E-state index contributed by atoms with van der Waals surface area (Å²) in [4.78, 5) is 22.2. The summed E-state index contributed by atoms with van der Waals surface area (Å²) in [6.45, 7) is 0. The van der Waals surface area contributed by atoms with Crippen LogP contribution in [0.1, 0.15) is 17.0 Å². The van der Waals surface area contributed by atoms with Gasteiger partial charge in [0, 0.05) is 5.69 Å². The quantitative estimate of drug-likeness (QED) is 0.796. The van der Waals surface area contributed by atoms with Crippen molar-refractivity contribution in [3.63, 3.8) is 0 Å². The molecule has 0 aliphatic rings. The molecule has 0 bridgehead atoms. The second kappa shape index (κ2) is 5.88. The Kier molecular flexibility index (Phi) is 4.00. The van der Waals surface area contributed by atoms with E-state index in [-0.39, 0.29) is 0 Å². The first-order valence-electron chi connectivity index (χ1n) is 6.02. The van der Waals surface area contributed by atoms with Crippen LogP contribution in [0, 0.1) is 0 Å². The van der Waals surface area contributed by atoms with Gasteiger partial charge in [-0.2, -0.15) is 0 Å². The fraction of sp³-hybridized carbons (Fsp3) is 0.0667. The van der Waals surface area contributed by atoms with Gasteiger partial charge < -0.3 is 16.2 Å². The summed E-state index contributed by atoms with van der Waals surface area (Å²) in [5.41, 5.74) is 6.89. The fourth-order valence-electron chi connectivity index (χ4n) is 2.02. The molecule has 0 aliphatic carbocycles. The first-order valence-corrected chi connectivity index (χ1v) is 6.02.